The third-order valence-electron chi connectivity index (χ3n) is 1.58. The van der Waals surface area contributed by atoms with E-state index < -0.39 is 6.04 Å². The normalized spacial score (nSPS) is 29.3. The number of carbonyl (C=O) groups excluding carboxylic acids is 1. The Morgan fingerprint density at radius 3 is 2.64 bits per heavy atom. The molecule has 4 nitrogen and oxygen atoms in total. The smallest absolute Gasteiger partial charge is 0.309 e. The van der Waals surface area contributed by atoms with Crippen molar-refractivity contribution in [3.05, 3.63) is 5.73 Å². The summed E-state index contributed by atoms with van der Waals surface area (Å²) in [5, 5.41) is 0. The van der Waals surface area contributed by atoms with Crippen molar-refractivity contribution in [3.8, 4) is 0 Å². The number of carbonyl (C=O) groups is 1. The molecule has 5 heteroatoms. The molecule has 1 N–H and O–H groups in total. The minimum absolute atomic E-state index is 0. The van der Waals surface area contributed by atoms with E-state index in [2.05, 4.69) is 4.74 Å². The number of rotatable bonds is 1. The molecule has 0 spiro atoms. The number of hydrogen-bond donors (Lipinski definition) is 0. The van der Waals surface area contributed by atoms with E-state index in [1.165, 1.54) is 7.11 Å². The van der Waals surface area contributed by atoms with Crippen LogP contribution in [-0.4, -0.2) is 32.3 Å². The van der Waals surface area contributed by atoms with E-state index in [0.717, 1.165) is 0 Å². The monoisotopic (exact) mass is 371 g/mol. The van der Waals surface area contributed by atoms with Crippen LogP contribution in [0, 0.1) is 50.0 Å². The molecule has 1 aliphatic heterocycles. The topological polar surface area (TPSA) is 59.3 Å². The average molecular weight is 371 g/mol. The SMILES string of the molecule is COC(=O)C1COCC1[NH-].[Ac]. The maximum Gasteiger partial charge on any atom is 0.309 e. The molecule has 0 aromatic rings. The third kappa shape index (κ3) is 2.98. The van der Waals surface area contributed by atoms with E-state index in [4.69, 9.17) is 10.5 Å². The third-order valence-corrected chi connectivity index (χ3v) is 1.58. The van der Waals surface area contributed by atoms with Crippen LogP contribution in [-0.2, 0) is 14.3 Å². The van der Waals surface area contributed by atoms with Crippen LogP contribution in [0.25, 0.3) is 5.73 Å². The first kappa shape index (κ1) is 11.8. The van der Waals surface area contributed by atoms with Crippen molar-refractivity contribution in [3.63, 3.8) is 0 Å². The van der Waals surface area contributed by atoms with Crippen molar-refractivity contribution in [2.45, 2.75) is 6.04 Å². The molecule has 2 atom stereocenters. The molecule has 1 fully saturated rings. The molecule has 1 heterocycles. The second-order valence-electron chi connectivity index (χ2n) is 2.27. The Balaban J connectivity index is 0.000001000. The summed E-state index contributed by atoms with van der Waals surface area (Å²) in [5.41, 5.74) is 7.30. The zero-order valence-corrected chi connectivity index (χ0v) is 11.1. The molecule has 0 aromatic heterocycles. The van der Waals surface area contributed by atoms with Gasteiger partial charge >= 0.3 is 5.97 Å². The quantitative estimate of drug-likeness (QED) is 0.620. The summed E-state index contributed by atoms with van der Waals surface area (Å²) < 4.78 is 9.37. The van der Waals surface area contributed by atoms with E-state index >= 15 is 0 Å². The summed E-state index contributed by atoms with van der Waals surface area (Å²) in [6, 6.07) is -0.438. The maximum absolute atomic E-state index is 10.8. The van der Waals surface area contributed by atoms with Gasteiger partial charge in [0.1, 0.15) is 0 Å². The summed E-state index contributed by atoms with van der Waals surface area (Å²) in [4.78, 5) is 10.8. The van der Waals surface area contributed by atoms with Gasteiger partial charge in [0.25, 0.3) is 0 Å². The first-order valence-corrected chi connectivity index (χ1v) is 3.12. The molecule has 0 saturated carbocycles. The molecule has 0 aliphatic carbocycles. The summed E-state index contributed by atoms with van der Waals surface area (Å²) in [7, 11) is 1.33. The molecular formula is C6H10AcNO3-. The minimum Gasteiger partial charge on any atom is -0.672 e. The second-order valence-corrected chi connectivity index (χ2v) is 2.27. The Hall–Kier alpha value is 0.832. The van der Waals surface area contributed by atoms with Crippen LogP contribution in [0.2, 0.25) is 0 Å². The molecule has 1 saturated heterocycles. The zero-order valence-electron chi connectivity index (χ0n) is 6.37. The van der Waals surface area contributed by atoms with Gasteiger partial charge in [0, 0.05) is 50.7 Å². The summed E-state index contributed by atoms with van der Waals surface area (Å²) >= 11 is 0. The van der Waals surface area contributed by atoms with E-state index in [9.17, 15) is 4.79 Å². The Morgan fingerprint density at radius 1 is 1.64 bits per heavy atom. The summed E-state index contributed by atoms with van der Waals surface area (Å²) in [6.07, 6.45) is 0. The fourth-order valence-corrected chi connectivity index (χ4v) is 0.938. The van der Waals surface area contributed by atoms with Crippen molar-refractivity contribution in [2.24, 2.45) is 5.92 Å². The predicted molar refractivity (Wildman–Crippen MR) is 34.4 cm³/mol. The van der Waals surface area contributed by atoms with E-state index in [0.29, 0.717) is 13.2 Å². The van der Waals surface area contributed by atoms with Gasteiger partial charge in [-0.2, -0.15) is 0 Å². The number of esters is 1. The number of methoxy groups -OCH3 is 1. The van der Waals surface area contributed by atoms with Crippen molar-refractivity contribution >= 4 is 5.97 Å². The first-order chi connectivity index (χ1) is 4.75. The molecular weight excluding hydrogens is 361 g/mol. The van der Waals surface area contributed by atoms with Gasteiger partial charge in [-0.15, -0.1) is 0 Å². The van der Waals surface area contributed by atoms with Gasteiger partial charge in [0.05, 0.1) is 19.6 Å². The molecule has 1 rings (SSSR count). The molecule has 0 aromatic carbocycles. The van der Waals surface area contributed by atoms with Crippen molar-refractivity contribution in [1.29, 1.82) is 0 Å². The minimum atomic E-state index is -0.438. The van der Waals surface area contributed by atoms with Crippen LogP contribution in [0.1, 0.15) is 0 Å². The van der Waals surface area contributed by atoms with E-state index in [1.54, 1.807) is 0 Å². The van der Waals surface area contributed by atoms with Gasteiger partial charge in [-0.25, -0.2) is 0 Å². The number of hydrogen-bond acceptors (Lipinski definition) is 3. The van der Waals surface area contributed by atoms with Gasteiger partial charge in [-0.05, 0) is 0 Å². The average Bonchev–Trinajstić information content (AvgIpc) is 2.34. The predicted octanol–water partition coefficient (Wildman–Crippen LogP) is 0.227. The summed E-state index contributed by atoms with van der Waals surface area (Å²) in [6.45, 7) is 0.681. The zero-order chi connectivity index (χ0) is 7.56. The fraction of sp³-hybridized carbons (Fsp3) is 0.833. The van der Waals surface area contributed by atoms with Crippen molar-refractivity contribution in [2.75, 3.05) is 20.3 Å². The summed E-state index contributed by atoms with van der Waals surface area (Å²) in [5.74, 6) is -0.706. The van der Waals surface area contributed by atoms with Crippen LogP contribution in [0.5, 0.6) is 0 Å². The van der Waals surface area contributed by atoms with Crippen LogP contribution < -0.4 is 0 Å². The van der Waals surface area contributed by atoms with Crippen molar-refractivity contribution in [1.82, 2.24) is 0 Å². The largest absolute Gasteiger partial charge is 0.672 e. The van der Waals surface area contributed by atoms with Crippen molar-refractivity contribution < 1.29 is 58.3 Å². The first-order valence-electron chi connectivity index (χ1n) is 3.12. The number of ether oxygens (including phenoxy) is 2. The fourth-order valence-electron chi connectivity index (χ4n) is 0.938. The van der Waals surface area contributed by atoms with E-state index in [-0.39, 0.29) is 55.9 Å². The van der Waals surface area contributed by atoms with Gasteiger partial charge in [-0.1, -0.05) is 6.04 Å². The standard InChI is InChI=1S/C6H10NO3.Ac/c1-9-6(8)4-2-10-3-5(4)7;/h4-5,7H,2-3H2,1H3;/q-1;. The number of nitrogens with one attached hydrogen (secondary N) is 1. The van der Waals surface area contributed by atoms with Crippen LogP contribution in [0.15, 0.2) is 0 Å². The van der Waals surface area contributed by atoms with Crippen LogP contribution in [0.4, 0.5) is 0 Å². The van der Waals surface area contributed by atoms with E-state index in [1.807, 2.05) is 0 Å². The second kappa shape index (κ2) is 5.47. The Morgan fingerprint density at radius 2 is 2.27 bits per heavy atom. The van der Waals surface area contributed by atoms with Gasteiger partial charge in [0.15, 0.2) is 0 Å². The van der Waals surface area contributed by atoms with Gasteiger partial charge in [0.2, 0.25) is 0 Å². The van der Waals surface area contributed by atoms with Gasteiger partial charge < -0.3 is 15.2 Å². The Kier molecular flexibility index (Phi) is 5.89. The van der Waals surface area contributed by atoms with Crippen LogP contribution >= 0.6 is 0 Å². The van der Waals surface area contributed by atoms with Crippen LogP contribution in [0.3, 0.4) is 0 Å². The molecule has 11 heavy (non-hydrogen) atoms. The van der Waals surface area contributed by atoms with Gasteiger partial charge in [-0.3, -0.25) is 4.79 Å². The molecule has 0 amide bonds. The molecule has 1 aliphatic rings. The Bertz CT molecular complexity index is 142. The molecule has 61 valence electrons. The Labute approximate surface area is 101 Å². The maximum atomic E-state index is 10.8. The molecule has 0 bridgehead atoms. The molecule has 1 radical (unpaired) electrons. The molecule has 2 unspecified atom stereocenters.